The van der Waals surface area contributed by atoms with Crippen molar-refractivity contribution >= 4 is 0 Å². The molecule has 0 spiro atoms. The van der Waals surface area contributed by atoms with Gasteiger partial charge in [-0.15, -0.1) is 0 Å². The van der Waals surface area contributed by atoms with Gasteiger partial charge < -0.3 is 10.1 Å². The van der Waals surface area contributed by atoms with Gasteiger partial charge in [0, 0.05) is 16.6 Å². The summed E-state index contributed by atoms with van der Waals surface area (Å²) < 4.78 is 5.55. The summed E-state index contributed by atoms with van der Waals surface area (Å²) in [7, 11) is 1.69. The largest absolute Gasteiger partial charge is 0.481 e. The van der Waals surface area contributed by atoms with Crippen molar-refractivity contribution in [3.8, 4) is 5.88 Å². The van der Waals surface area contributed by atoms with E-state index < -0.39 is 0 Å². The number of hydrogen-bond donors (Lipinski definition) is 1. The Labute approximate surface area is 116 Å². The molecule has 106 valence electrons. The Kier molecular flexibility index (Phi) is 3.56. The summed E-state index contributed by atoms with van der Waals surface area (Å²) >= 11 is 0. The van der Waals surface area contributed by atoms with Gasteiger partial charge >= 0.3 is 0 Å². The number of aromatic nitrogens is 2. The number of rotatable bonds is 2. The predicted octanol–water partition coefficient (Wildman–Crippen LogP) is 2.69. The third-order valence-electron chi connectivity index (χ3n) is 3.84. The van der Waals surface area contributed by atoms with E-state index in [4.69, 9.17) is 9.72 Å². The topological polar surface area (TPSA) is 47.0 Å². The fraction of sp³-hybridized carbons (Fsp3) is 0.733. The normalized spacial score (nSPS) is 23.7. The molecule has 0 amide bonds. The van der Waals surface area contributed by atoms with Crippen LogP contribution in [-0.2, 0) is 11.0 Å². The standard InChI is InChI=1S/C15H25N3O/c1-10-11(15(5)8-7-9-16-15)12(19-6)18-13(17-10)14(2,3)4/h16H,7-9H2,1-6H3. The highest BCUT2D eigenvalue weighted by atomic mass is 16.5. The summed E-state index contributed by atoms with van der Waals surface area (Å²) in [6, 6.07) is 0. The van der Waals surface area contributed by atoms with Crippen LogP contribution in [0.1, 0.15) is 57.6 Å². The first kappa shape index (κ1) is 14.3. The molecule has 1 aromatic heterocycles. The molecule has 2 rings (SSSR count). The van der Waals surface area contributed by atoms with Crippen LogP contribution in [0.15, 0.2) is 0 Å². The lowest BCUT2D eigenvalue weighted by atomic mass is 9.89. The molecule has 19 heavy (non-hydrogen) atoms. The van der Waals surface area contributed by atoms with Crippen molar-refractivity contribution in [3.63, 3.8) is 0 Å². The second-order valence-electron chi connectivity index (χ2n) is 6.63. The van der Waals surface area contributed by atoms with Gasteiger partial charge in [-0.2, -0.15) is 4.98 Å². The molecule has 0 saturated carbocycles. The number of nitrogens with zero attached hydrogens (tertiary/aromatic N) is 2. The van der Waals surface area contributed by atoms with Crippen molar-refractivity contribution in [3.05, 3.63) is 17.1 Å². The summed E-state index contributed by atoms with van der Waals surface area (Å²) in [6.45, 7) is 11.7. The lowest BCUT2D eigenvalue weighted by Gasteiger charge is -2.29. The van der Waals surface area contributed by atoms with Crippen LogP contribution in [-0.4, -0.2) is 23.6 Å². The minimum atomic E-state index is -0.0689. The van der Waals surface area contributed by atoms with Crippen LogP contribution >= 0.6 is 0 Å². The van der Waals surface area contributed by atoms with Gasteiger partial charge in [-0.1, -0.05) is 20.8 Å². The van der Waals surface area contributed by atoms with Gasteiger partial charge in [0.1, 0.15) is 5.82 Å². The van der Waals surface area contributed by atoms with Crippen molar-refractivity contribution in [2.24, 2.45) is 0 Å². The van der Waals surface area contributed by atoms with Crippen LogP contribution < -0.4 is 10.1 Å². The van der Waals surface area contributed by atoms with E-state index in [2.05, 4.69) is 44.9 Å². The van der Waals surface area contributed by atoms with Crippen LogP contribution in [0.4, 0.5) is 0 Å². The first-order valence-corrected chi connectivity index (χ1v) is 6.96. The van der Waals surface area contributed by atoms with E-state index in [-0.39, 0.29) is 11.0 Å². The lowest BCUT2D eigenvalue weighted by Crippen LogP contribution is -2.35. The molecule has 1 atom stereocenters. The number of nitrogens with one attached hydrogen (secondary N) is 1. The first-order chi connectivity index (χ1) is 8.78. The molecule has 1 saturated heterocycles. The van der Waals surface area contributed by atoms with E-state index in [0.717, 1.165) is 30.0 Å². The monoisotopic (exact) mass is 263 g/mol. The number of ether oxygens (including phenoxy) is 1. The fourth-order valence-electron chi connectivity index (χ4n) is 2.77. The SMILES string of the molecule is COc1nc(C(C)(C)C)nc(C)c1C1(C)CCCN1. The van der Waals surface area contributed by atoms with Gasteiger partial charge in [0.25, 0.3) is 0 Å². The Morgan fingerprint density at radius 2 is 1.95 bits per heavy atom. The maximum Gasteiger partial charge on any atom is 0.221 e. The summed E-state index contributed by atoms with van der Waals surface area (Å²) in [5.41, 5.74) is 2.00. The van der Waals surface area contributed by atoms with Gasteiger partial charge in [0.2, 0.25) is 5.88 Å². The quantitative estimate of drug-likeness (QED) is 0.891. The highest BCUT2D eigenvalue weighted by Crippen LogP contribution is 2.37. The van der Waals surface area contributed by atoms with Gasteiger partial charge in [0.05, 0.1) is 12.7 Å². The number of methoxy groups -OCH3 is 1. The van der Waals surface area contributed by atoms with E-state index in [1.165, 1.54) is 6.42 Å². The Bertz CT molecular complexity index is 471. The number of aryl methyl sites for hydroxylation is 1. The Balaban J connectivity index is 2.56. The third kappa shape index (κ3) is 2.59. The van der Waals surface area contributed by atoms with E-state index in [9.17, 15) is 0 Å². The molecule has 4 heteroatoms. The first-order valence-electron chi connectivity index (χ1n) is 6.96. The molecular formula is C15H25N3O. The van der Waals surface area contributed by atoms with Crippen molar-refractivity contribution in [1.29, 1.82) is 0 Å². The minimum absolute atomic E-state index is 0.0636. The van der Waals surface area contributed by atoms with Gasteiger partial charge in [-0.05, 0) is 33.2 Å². The maximum atomic E-state index is 5.55. The fourth-order valence-corrected chi connectivity index (χ4v) is 2.77. The molecule has 1 N–H and O–H groups in total. The zero-order valence-electron chi connectivity index (χ0n) is 12.9. The van der Waals surface area contributed by atoms with Crippen LogP contribution in [0.5, 0.6) is 5.88 Å². The average molecular weight is 263 g/mol. The second kappa shape index (κ2) is 4.75. The van der Waals surface area contributed by atoms with Crippen molar-refractivity contribution in [1.82, 2.24) is 15.3 Å². The van der Waals surface area contributed by atoms with E-state index in [1.54, 1.807) is 7.11 Å². The van der Waals surface area contributed by atoms with Crippen molar-refractivity contribution in [2.75, 3.05) is 13.7 Å². The molecule has 1 aromatic rings. The van der Waals surface area contributed by atoms with Crippen molar-refractivity contribution < 1.29 is 4.74 Å². The molecular weight excluding hydrogens is 238 g/mol. The second-order valence-corrected chi connectivity index (χ2v) is 6.63. The molecule has 1 aliphatic heterocycles. The molecule has 2 heterocycles. The zero-order chi connectivity index (χ0) is 14.3. The molecule has 0 radical (unpaired) electrons. The molecule has 1 aliphatic rings. The highest BCUT2D eigenvalue weighted by Gasteiger charge is 2.36. The van der Waals surface area contributed by atoms with Crippen molar-refractivity contribution in [2.45, 2.75) is 58.4 Å². The van der Waals surface area contributed by atoms with Crippen LogP contribution in [0.2, 0.25) is 0 Å². The molecule has 0 aromatic carbocycles. The Morgan fingerprint density at radius 1 is 1.26 bits per heavy atom. The average Bonchev–Trinajstić information content (AvgIpc) is 2.74. The highest BCUT2D eigenvalue weighted by molar-refractivity contribution is 5.38. The van der Waals surface area contributed by atoms with Crippen LogP contribution in [0.3, 0.4) is 0 Å². The van der Waals surface area contributed by atoms with Crippen LogP contribution in [0, 0.1) is 6.92 Å². The smallest absolute Gasteiger partial charge is 0.221 e. The molecule has 4 nitrogen and oxygen atoms in total. The zero-order valence-corrected chi connectivity index (χ0v) is 12.9. The summed E-state index contributed by atoms with van der Waals surface area (Å²) in [5.74, 6) is 1.56. The lowest BCUT2D eigenvalue weighted by molar-refractivity contribution is 0.347. The molecule has 0 bridgehead atoms. The van der Waals surface area contributed by atoms with E-state index >= 15 is 0 Å². The maximum absolute atomic E-state index is 5.55. The molecule has 1 fully saturated rings. The predicted molar refractivity (Wildman–Crippen MR) is 76.6 cm³/mol. The molecule has 0 aliphatic carbocycles. The van der Waals surface area contributed by atoms with Crippen LogP contribution in [0.25, 0.3) is 0 Å². The summed E-state index contributed by atoms with van der Waals surface area (Å²) in [6.07, 6.45) is 2.28. The van der Waals surface area contributed by atoms with Gasteiger partial charge in [-0.25, -0.2) is 4.98 Å². The summed E-state index contributed by atoms with van der Waals surface area (Å²) in [4.78, 5) is 9.35. The van der Waals surface area contributed by atoms with Gasteiger partial charge in [-0.3, -0.25) is 0 Å². The molecule has 1 unspecified atom stereocenters. The van der Waals surface area contributed by atoms with E-state index in [1.807, 2.05) is 0 Å². The van der Waals surface area contributed by atoms with Gasteiger partial charge in [0.15, 0.2) is 0 Å². The minimum Gasteiger partial charge on any atom is -0.481 e. The third-order valence-corrected chi connectivity index (χ3v) is 3.84. The van der Waals surface area contributed by atoms with E-state index in [0.29, 0.717) is 5.88 Å². The summed E-state index contributed by atoms with van der Waals surface area (Å²) in [5, 5.41) is 3.56. The Morgan fingerprint density at radius 3 is 2.42 bits per heavy atom. The number of hydrogen-bond acceptors (Lipinski definition) is 4. The Hall–Kier alpha value is -1.16.